The summed E-state index contributed by atoms with van der Waals surface area (Å²) in [5.41, 5.74) is 1.52. The van der Waals surface area contributed by atoms with Crippen LogP contribution < -0.4 is 5.32 Å². The summed E-state index contributed by atoms with van der Waals surface area (Å²) in [6, 6.07) is 9.58. The first-order chi connectivity index (χ1) is 10.4. The summed E-state index contributed by atoms with van der Waals surface area (Å²) in [6.07, 6.45) is 4.72. The fourth-order valence-corrected chi connectivity index (χ4v) is 2.34. The second-order valence-electron chi connectivity index (χ2n) is 4.83. The van der Waals surface area contributed by atoms with Crippen LogP contribution in [0.15, 0.2) is 54.3 Å². The van der Waals surface area contributed by atoms with Crippen LogP contribution in [0.1, 0.15) is 12.0 Å². The molecule has 22 heavy (non-hydrogen) atoms. The third-order valence-electron chi connectivity index (χ3n) is 2.91. The molecule has 0 aliphatic heterocycles. The van der Waals surface area contributed by atoms with E-state index in [1.165, 1.54) is 0 Å². The van der Waals surface area contributed by atoms with Crippen LogP contribution in [-0.4, -0.2) is 21.9 Å². The molecule has 0 saturated carbocycles. The lowest BCUT2D eigenvalue weighted by Crippen LogP contribution is -2.22. The van der Waals surface area contributed by atoms with Crippen molar-refractivity contribution in [2.75, 3.05) is 6.16 Å². The lowest BCUT2D eigenvalue weighted by atomic mass is 10.1. The molecule has 1 atom stereocenters. The van der Waals surface area contributed by atoms with Crippen LogP contribution in [-0.2, 0) is 9.36 Å². The van der Waals surface area contributed by atoms with Crippen LogP contribution in [0.25, 0.3) is 0 Å². The zero-order valence-corrected chi connectivity index (χ0v) is 12.7. The lowest BCUT2D eigenvalue weighted by molar-refractivity contribution is -0.120. The minimum atomic E-state index is -4.14. The summed E-state index contributed by atoms with van der Waals surface area (Å²) in [5.74, 6) is 5.61. The largest absolute Gasteiger partial charge is 0.326 e. The summed E-state index contributed by atoms with van der Waals surface area (Å²) in [5, 5.41) is 2.60. The maximum absolute atomic E-state index is 11.6. The highest BCUT2D eigenvalue weighted by molar-refractivity contribution is 7.51. The van der Waals surface area contributed by atoms with Crippen molar-refractivity contribution >= 4 is 13.5 Å². The first-order valence-electron chi connectivity index (χ1n) is 6.73. The Labute approximate surface area is 128 Å². The van der Waals surface area contributed by atoms with Crippen molar-refractivity contribution < 1.29 is 19.1 Å². The molecule has 0 fully saturated rings. The van der Waals surface area contributed by atoms with E-state index in [2.05, 4.69) is 17.2 Å². The Balaban J connectivity index is 1.88. The van der Waals surface area contributed by atoms with Gasteiger partial charge in [0, 0.05) is 17.7 Å². The van der Waals surface area contributed by atoms with Crippen LogP contribution in [0.2, 0.25) is 0 Å². The van der Waals surface area contributed by atoms with Crippen LogP contribution in [0.4, 0.5) is 0 Å². The normalized spacial score (nSPS) is 16.6. The minimum absolute atomic E-state index is 0.0858. The van der Waals surface area contributed by atoms with Crippen molar-refractivity contribution in [3.8, 4) is 11.8 Å². The van der Waals surface area contributed by atoms with Crippen LogP contribution in [0, 0.1) is 17.8 Å². The van der Waals surface area contributed by atoms with Gasteiger partial charge in [0.05, 0.1) is 12.1 Å². The molecule has 1 aromatic carbocycles. The average Bonchev–Trinajstić information content (AvgIpc) is 2.91. The maximum Gasteiger partial charge on any atom is 0.326 e. The van der Waals surface area contributed by atoms with Gasteiger partial charge in [-0.15, -0.1) is 0 Å². The topological polar surface area (TPSA) is 86.6 Å². The average molecular weight is 317 g/mol. The molecule has 6 heteroatoms. The van der Waals surface area contributed by atoms with Gasteiger partial charge in [-0.2, -0.15) is 0 Å². The van der Waals surface area contributed by atoms with Crippen molar-refractivity contribution in [1.29, 1.82) is 0 Å². The summed E-state index contributed by atoms with van der Waals surface area (Å²) < 4.78 is 10.7. The van der Waals surface area contributed by atoms with E-state index >= 15 is 0 Å². The minimum Gasteiger partial charge on any atom is -0.326 e. The van der Waals surface area contributed by atoms with E-state index in [1.54, 1.807) is 12.2 Å². The summed E-state index contributed by atoms with van der Waals surface area (Å²) in [6.45, 7) is 0. The molecule has 0 bridgehead atoms. The Hall–Kier alpha value is -2.12. The second kappa shape index (κ2) is 7.24. The fraction of sp³-hybridized carbons (Fsp3) is 0.188. The van der Waals surface area contributed by atoms with Gasteiger partial charge in [0.15, 0.2) is 0 Å². The molecule has 1 aliphatic rings. The van der Waals surface area contributed by atoms with Crippen molar-refractivity contribution in [2.24, 2.45) is 5.92 Å². The van der Waals surface area contributed by atoms with Gasteiger partial charge in [-0.25, -0.2) is 0 Å². The number of nitrogens with one attached hydrogen (secondary N) is 1. The van der Waals surface area contributed by atoms with Gasteiger partial charge in [0.1, 0.15) is 0 Å². The highest BCUT2D eigenvalue weighted by atomic mass is 31.2. The molecule has 5 nitrogen and oxygen atoms in total. The number of benzene rings is 1. The number of carbonyl (C=O) groups excluding carboxylic acids is 1. The van der Waals surface area contributed by atoms with E-state index in [9.17, 15) is 9.36 Å². The van der Waals surface area contributed by atoms with Crippen molar-refractivity contribution in [3.05, 3.63) is 59.8 Å². The number of hydrogen-bond acceptors (Lipinski definition) is 2. The van der Waals surface area contributed by atoms with Crippen molar-refractivity contribution in [2.45, 2.75) is 6.42 Å². The highest BCUT2D eigenvalue weighted by Gasteiger charge is 2.16. The highest BCUT2D eigenvalue weighted by Crippen LogP contribution is 2.34. The first kappa shape index (κ1) is 16.3. The van der Waals surface area contributed by atoms with Crippen molar-refractivity contribution in [1.82, 2.24) is 5.32 Å². The SMILES string of the molecule is O=C(CCP(=O)(O)O)NC1=CC(C#Cc2ccccc2)C=C1. The van der Waals surface area contributed by atoms with E-state index in [4.69, 9.17) is 9.79 Å². The zero-order valence-electron chi connectivity index (χ0n) is 11.8. The number of amides is 1. The second-order valence-corrected chi connectivity index (χ2v) is 6.61. The van der Waals surface area contributed by atoms with Crippen LogP contribution >= 0.6 is 7.60 Å². The van der Waals surface area contributed by atoms with Gasteiger partial charge in [0.2, 0.25) is 5.91 Å². The van der Waals surface area contributed by atoms with E-state index in [0.717, 1.165) is 5.56 Å². The van der Waals surface area contributed by atoms with E-state index in [-0.39, 0.29) is 12.3 Å². The molecular weight excluding hydrogens is 301 g/mol. The van der Waals surface area contributed by atoms with Gasteiger partial charge in [-0.05, 0) is 24.3 Å². The Kier molecular flexibility index (Phi) is 5.35. The molecule has 0 aromatic heterocycles. The standard InChI is InChI=1S/C16H16NO4P/c18-16(10-11-22(19,20)21)17-15-9-8-14(12-15)7-6-13-4-2-1-3-5-13/h1-5,8-9,12,14H,10-11H2,(H,17,18)(H2,19,20,21). The van der Waals surface area contributed by atoms with Gasteiger partial charge in [0.25, 0.3) is 0 Å². The number of allylic oxidation sites excluding steroid dienone is 3. The molecule has 114 valence electrons. The Bertz CT molecular complexity index is 707. The lowest BCUT2D eigenvalue weighted by Gasteiger charge is -2.05. The van der Waals surface area contributed by atoms with E-state index in [1.807, 2.05) is 36.4 Å². The number of carbonyl (C=O) groups is 1. The summed E-state index contributed by atoms with van der Waals surface area (Å²) in [7, 11) is -4.14. The van der Waals surface area contributed by atoms with E-state index < -0.39 is 19.7 Å². The summed E-state index contributed by atoms with van der Waals surface area (Å²) in [4.78, 5) is 29.0. The Morgan fingerprint density at radius 2 is 2.00 bits per heavy atom. The Morgan fingerprint density at radius 1 is 1.27 bits per heavy atom. The molecule has 0 heterocycles. The van der Waals surface area contributed by atoms with Gasteiger partial charge < -0.3 is 15.1 Å². The monoisotopic (exact) mass is 317 g/mol. The van der Waals surface area contributed by atoms with Crippen LogP contribution in [0.5, 0.6) is 0 Å². The maximum atomic E-state index is 11.6. The van der Waals surface area contributed by atoms with Gasteiger partial charge >= 0.3 is 7.60 Å². The van der Waals surface area contributed by atoms with Gasteiger partial charge in [-0.1, -0.05) is 36.1 Å². The predicted molar refractivity (Wildman–Crippen MR) is 83.7 cm³/mol. The van der Waals surface area contributed by atoms with Gasteiger partial charge in [-0.3, -0.25) is 9.36 Å². The van der Waals surface area contributed by atoms with Crippen molar-refractivity contribution in [3.63, 3.8) is 0 Å². The molecule has 1 aliphatic carbocycles. The molecular formula is C16H16NO4P. The molecule has 0 saturated heterocycles. The summed E-state index contributed by atoms with van der Waals surface area (Å²) >= 11 is 0. The third-order valence-corrected chi connectivity index (χ3v) is 3.72. The molecule has 2 rings (SSSR count). The fourth-order valence-electron chi connectivity index (χ4n) is 1.84. The van der Waals surface area contributed by atoms with Crippen LogP contribution in [0.3, 0.4) is 0 Å². The number of rotatable bonds is 4. The molecule has 0 radical (unpaired) electrons. The predicted octanol–water partition coefficient (Wildman–Crippen LogP) is 1.79. The number of hydrogen-bond donors (Lipinski definition) is 3. The molecule has 1 unspecified atom stereocenters. The quantitative estimate of drug-likeness (QED) is 0.584. The first-order valence-corrected chi connectivity index (χ1v) is 8.53. The molecule has 0 spiro atoms. The smallest absolute Gasteiger partial charge is 0.326 e. The molecule has 1 amide bonds. The third kappa shape index (κ3) is 5.71. The Morgan fingerprint density at radius 3 is 2.68 bits per heavy atom. The molecule has 1 aromatic rings. The van der Waals surface area contributed by atoms with E-state index in [0.29, 0.717) is 5.70 Å². The zero-order chi connectivity index (χ0) is 16.0. The molecule has 3 N–H and O–H groups in total.